The third-order valence-corrected chi connectivity index (χ3v) is 5.02. The predicted octanol–water partition coefficient (Wildman–Crippen LogP) is -0.391. The van der Waals surface area contributed by atoms with Crippen LogP contribution in [0.1, 0.15) is 33.6 Å². The lowest BCUT2D eigenvalue weighted by Crippen LogP contribution is -2.54. The Kier molecular flexibility index (Phi) is 3.53. The molecule has 134 valence electrons. The highest BCUT2D eigenvalue weighted by atomic mass is 16.4. The molecule has 1 unspecified atom stereocenters. The number of nitrogens with zero attached hydrogens (tertiary/aromatic N) is 2. The van der Waals surface area contributed by atoms with Gasteiger partial charge < -0.3 is 10.0 Å². The molecule has 4 amide bonds. The van der Waals surface area contributed by atoms with Gasteiger partial charge in [-0.25, -0.2) is 0 Å². The van der Waals surface area contributed by atoms with Crippen LogP contribution in [0.15, 0.2) is 18.2 Å². The first-order valence-corrected chi connectivity index (χ1v) is 8.21. The Morgan fingerprint density at radius 1 is 1.12 bits per heavy atom. The molecule has 9 nitrogen and oxygen atoms in total. The molecule has 2 fully saturated rings. The topological polar surface area (TPSA) is 124 Å². The Morgan fingerprint density at radius 3 is 2.50 bits per heavy atom. The van der Waals surface area contributed by atoms with Crippen LogP contribution in [0.3, 0.4) is 0 Å². The first kappa shape index (κ1) is 16.2. The van der Waals surface area contributed by atoms with Crippen LogP contribution in [0.4, 0.5) is 5.69 Å². The maximum atomic E-state index is 12.9. The molecule has 2 N–H and O–H groups in total. The van der Waals surface area contributed by atoms with Crippen molar-refractivity contribution in [2.45, 2.75) is 18.9 Å². The maximum Gasteiger partial charge on any atom is 0.310 e. The average molecular weight is 357 g/mol. The van der Waals surface area contributed by atoms with Crippen LogP contribution in [0.5, 0.6) is 0 Å². The summed E-state index contributed by atoms with van der Waals surface area (Å²) in [5, 5.41) is 11.2. The molecule has 1 aromatic carbocycles. The molecule has 4 rings (SSSR count). The van der Waals surface area contributed by atoms with Gasteiger partial charge >= 0.3 is 5.97 Å². The zero-order valence-corrected chi connectivity index (χ0v) is 13.6. The van der Waals surface area contributed by atoms with Crippen LogP contribution in [0.25, 0.3) is 0 Å². The number of carboxylic acid groups (broad SMARTS) is 1. The third kappa shape index (κ3) is 2.27. The predicted molar refractivity (Wildman–Crippen MR) is 86.5 cm³/mol. The highest BCUT2D eigenvalue weighted by Crippen LogP contribution is 2.36. The summed E-state index contributed by atoms with van der Waals surface area (Å²) in [6, 6.07) is 3.78. The molecule has 0 aromatic heterocycles. The van der Waals surface area contributed by atoms with E-state index in [0.717, 1.165) is 4.90 Å². The van der Waals surface area contributed by atoms with E-state index in [2.05, 4.69) is 5.32 Å². The van der Waals surface area contributed by atoms with Gasteiger partial charge in [-0.15, -0.1) is 0 Å². The summed E-state index contributed by atoms with van der Waals surface area (Å²) in [4.78, 5) is 62.7. The van der Waals surface area contributed by atoms with Crippen LogP contribution >= 0.6 is 0 Å². The summed E-state index contributed by atoms with van der Waals surface area (Å²) in [5.41, 5.74) is 0.871. The number of hydrogen-bond acceptors (Lipinski definition) is 6. The lowest BCUT2D eigenvalue weighted by molar-refractivity contribution is -0.142. The first-order chi connectivity index (χ1) is 12.4. The molecular formula is C17H15N3O6. The fourth-order valence-corrected chi connectivity index (χ4v) is 3.59. The van der Waals surface area contributed by atoms with Gasteiger partial charge in [0, 0.05) is 19.5 Å². The molecule has 9 heteroatoms. The zero-order chi connectivity index (χ0) is 18.6. The lowest BCUT2D eigenvalue weighted by atomic mass is 9.97. The zero-order valence-electron chi connectivity index (χ0n) is 13.6. The van der Waals surface area contributed by atoms with Gasteiger partial charge in [0.15, 0.2) is 0 Å². The van der Waals surface area contributed by atoms with Gasteiger partial charge in [0.05, 0.1) is 22.7 Å². The molecule has 26 heavy (non-hydrogen) atoms. The summed E-state index contributed by atoms with van der Waals surface area (Å²) in [6.07, 6.45) is 0.152. The van der Waals surface area contributed by atoms with Crippen molar-refractivity contribution < 1.29 is 29.1 Å². The van der Waals surface area contributed by atoms with E-state index < -0.39 is 41.6 Å². The number of carbonyl (C=O) groups is 5. The van der Waals surface area contributed by atoms with E-state index in [1.807, 2.05) is 0 Å². The fourth-order valence-electron chi connectivity index (χ4n) is 3.59. The number of nitrogens with one attached hydrogen (secondary N) is 1. The first-order valence-electron chi connectivity index (χ1n) is 8.21. The number of piperidine rings is 1. The van der Waals surface area contributed by atoms with Crippen molar-refractivity contribution in [2.75, 3.05) is 18.0 Å². The number of carboxylic acids is 1. The van der Waals surface area contributed by atoms with Crippen LogP contribution in [-0.4, -0.2) is 58.7 Å². The molecular weight excluding hydrogens is 342 g/mol. The SMILES string of the molecule is O=C1CCC(N2C(=O)c3cccc(N4CC(C(=O)O)C4)c3C2=O)C(=O)N1. The second-order valence-electron chi connectivity index (χ2n) is 6.59. The van der Waals surface area contributed by atoms with Gasteiger partial charge in [-0.3, -0.25) is 34.2 Å². The molecule has 1 aromatic rings. The number of imide groups is 2. The number of rotatable bonds is 3. The number of amides is 4. The Hall–Kier alpha value is -3.23. The molecule has 1 atom stereocenters. The second-order valence-corrected chi connectivity index (χ2v) is 6.59. The van der Waals surface area contributed by atoms with Crippen molar-refractivity contribution in [3.63, 3.8) is 0 Å². The molecule has 0 spiro atoms. The number of carbonyl (C=O) groups excluding carboxylic acids is 4. The maximum absolute atomic E-state index is 12.9. The molecule has 2 saturated heterocycles. The van der Waals surface area contributed by atoms with Crippen LogP contribution in [0, 0.1) is 5.92 Å². The summed E-state index contributed by atoms with van der Waals surface area (Å²) >= 11 is 0. The van der Waals surface area contributed by atoms with E-state index >= 15 is 0 Å². The van der Waals surface area contributed by atoms with Crippen molar-refractivity contribution >= 4 is 35.3 Å². The standard InChI is InChI=1S/C17H15N3O6/c21-12-5-4-11(14(22)18-12)20-15(23)9-2-1-3-10(13(9)16(20)24)19-6-8(7-19)17(25)26/h1-3,8,11H,4-7H2,(H,25,26)(H,18,21,22). The van der Waals surface area contributed by atoms with Gasteiger partial charge in [0.25, 0.3) is 11.8 Å². The summed E-state index contributed by atoms with van der Waals surface area (Å²) < 4.78 is 0. The van der Waals surface area contributed by atoms with Crippen molar-refractivity contribution in [3.05, 3.63) is 29.3 Å². The van der Waals surface area contributed by atoms with Gasteiger partial charge in [0.2, 0.25) is 11.8 Å². The van der Waals surface area contributed by atoms with E-state index in [0.29, 0.717) is 5.69 Å². The molecule has 0 radical (unpaired) electrons. The van der Waals surface area contributed by atoms with Gasteiger partial charge in [0.1, 0.15) is 6.04 Å². The van der Waals surface area contributed by atoms with Gasteiger partial charge in [-0.2, -0.15) is 0 Å². The highest BCUT2D eigenvalue weighted by Gasteiger charge is 2.47. The Bertz CT molecular complexity index is 873. The molecule has 0 bridgehead atoms. The van der Waals surface area contributed by atoms with Crippen molar-refractivity contribution in [3.8, 4) is 0 Å². The van der Waals surface area contributed by atoms with E-state index in [-0.39, 0.29) is 37.1 Å². The minimum Gasteiger partial charge on any atom is -0.481 e. The summed E-state index contributed by atoms with van der Waals surface area (Å²) in [6.45, 7) is 0.511. The van der Waals surface area contributed by atoms with E-state index in [4.69, 9.17) is 5.11 Å². The number of aliphatic carboxylic acids is 1. The quantitative estimate of drug-likeness (QED) is 0.706. The number of benzene rings is 1. The number of hydrogen-bond donors (Lipinski definition) is 2. The van der Waals surface area contributed by atoms with Crippen molar-refractivity contribution in [1.82, 2.24) is 10.2 Å². The monoisotopic (exact) mass is 357 g/mol. The number of anilines is 1. The minimum absolute atomic E-state index is 0.0586. The lowest BCUT2D eigenvalue weighted by Gasteiger charge is -2.39. The van der Waals surface area contributed by atoms with Crippen LogP contribution in [-0.2, 0) is 14.4 Å². The normalized spacial score (nSPS) is 23.0. The summed E-state index contributed by atoms with van der Waals surface area (Å²) in [5.74, 6) is -3.66. The van der Waals surface area contributed by atoms with E-state index in [1.165, 1.54) is 6.07 Å². The molecule has 3 aliphatic rings. The molecule has 3 aliphatic heterocycles. The van der Waals surface area contributed by atoms with Gasteiger partial charge in [-0.1, -0.05) is 6.07 Å². The molecule has 3 heterocycles. The number of fused-ring (bicyclic) bond motifs is 1. The summed E-state index contributed by atoms with van der Waals surface area (Å²) in [7, 11) is 0. The Morgan fingerprint density at radius 2 is 1.85 bits per heavy atom. The van der Waals surface area contributed by atoms with E-state index in [9.17, 15) is 24.0 Å². The fraction of sp³-hybridized carbons (Fsp3) is 0.353. The molecule has 0 saturated carbocycles. The van der Waals surface area contributed by atoms with Crippen LogP contribution in [0.2, 0.25) is 0 Å². The second kappa shape index (κ2) is 5.65. The Labute approximate surface area is 147 Å². The van der Waals surface area contributed by atoms with Crippen LogP contribution < -0.4 is 10.2 Å². The molecule has 0 aliphatic carbocycles. The average Bonchev–Trinajstić information content (AvgIpc) is 2.78. The van der Waals surface area contributed by atoms with Crippen molar-refractivity contribution in [1.29, 1.82) is 0 Å². The highest BCUT2D eigenvalue weighted by molar-refractivity contribution is 6.25. The van der Waals surface area contributed by atoms with Crippen molar-refractivity contribution in [2.24, 2.45) is 5.92 Å². The third-order valence-electron chi connectivity index (χ3n) is 5.02. The van der Waals surface area contributed by atoms with E-state index in [1.54, 1.807) is 17.0 Å². The Balaban J connectivity index is 1.65. The van der Waals surface area contributed by atoms with Gasteiger partial charge in [-0.05, 0) is 18.6 Å². The smallest absolute Gasteiger partial charge is 0.310 e. The minimum atomic E-state index is -1.02. The largest absolute Gasteiger partial charge is 0.481 e.